The van der Waals surface area contributed by atoms with Crippen LogP contribution in [0.25, 0.3) is 0 Å². The number of fused-ring (bicyclic) bond motifs is 1. The molecule has 3 rings (SSSR count). The van der Waals surface area contributed by atoms with Gasteiger partial charge in [0.15, 0.2) is 0 Å². The highest BCUT2D eigenvalue weighted by Crippen LogP contribution is 2.58. The van der Waals surface area contributed by atoms with Crippen LogP contribution in [0.3, 0.4) is 0 Å². The fourth-order valence-electron chi connectivity index (χ4n) is 3.22. The number of piperidine rings is 1. The fourth-order valence-corrected chi connectivity index (χ4v) is 3.22. The van der Waals surface area contributed by atoms with E-state index in [4.69, 9.17) is 9.47 Å². The van der Waals surface area contributed by atoms with Gasteiger partial charge in [0, 0.05) is 13.1 Å². The van der Waals surface area contributed by atoms with Gasteiger partial charge in [-0.3, -0.25) is 4.79 Å². The molecule has 1 aliphatic heterocycles. The van der Waals surface area contributed by atoms with Crippen LogP contribution in [0, 0.1) is 11.3 Å². The molecule has 0 N–H and O–H groups in total. The minimum Gasteiger partial charge on any atom is -0.466 e. The second-order valence-electron chi connectivity index (χ2n) is 6.01. The van der Waals surface area contributed by atoms with Crippen molar-refractivity contribution in [2.75, 3.05) is 19.7 Å². The first-order valence-electron chi connectivity index (χ1n) is 7.78. The Kier molecular flexibility index (Phi) is 4.05. The monoisotopic (exact) mass is 303 g/mol. The van der Waals surface area contributed by atoms with Crippen LogP contribution < -0.4 is 0 Å². The molecule has 1 amide bonds. The Morgan fingerprint density at radius 1 is 1.27 bits per heavy atom. The Hall–Kier alpha value is -2.04. The van der Waals surface area contributed by atoms with Gasteiger partial charge < -0.3 is 14.4 Å². The lowest BCUT2D eigenvalue weighted by molar-refractivity contribution is -0.151. The third kappa shape index (κ3) is 2.80. The maximum atomic E-state index is 12.1. The van der Waals surface area contributed by atoms with Crippen molar-refractivity contribution in [1.29, 1.82) is 0 Å². The van der Waals surface area contributed by atoms with Crippen LogP contribution in [0.2, 0.25) is 0 Å². The Morgan fingerprint density at radius 3 is 2.73 bits per heavy atom. The van der Waals surface area contributed by atoms with Gasteiger partial charge in [-0.1, -0.05) is 30.3 Å². The summed E-state index contributed by atoms with van der Waals surface area (Å²) in [5, 5.41) is 0. The van der Waals surface area contributed by atoms with E-state index >= 15 is 0 Å². The molecule has 1 aliphatic carbocycles. The number of rotatable bonds is 4. The van der Waals surface area contributed by atoms with E-state index < -0.39 is 0 Å². The summed E-state index contributed by atoms with van der Waals surface area (Å²) in [4.78, 5) is 25.8. The first-order valence-corrected chi connectivity index (χ1v) is 7.78. The maximum Gasteiger partial charge on any atom is 0.410 e. The number of likely N-dealkylation sites (tertiary alicyclic amines) is 1. The third-order valence-corrected chi connectivity index (χ3v) is 4.65. The molecule has 22 heavy (non-hydrogen) atoms. The van der Waals surface area contributed by atoms with E-state index in [0.717, 1.165) is 12.0 Å². The molecule has 1 heterocycles. The molecule has 2 fully saturated rings. The number of amides is 1. The Labute approximate surface area is 130 Å². The highest BCUT2D eigenvalue weighted by atomic mass is 16.6. The summed E-state index contributed by atoms with van der Waals surface area (Å²) in [5.41, 5.74) is 0.645. The van der Waals surface area contributed by atoms with Crippen LogP contribution in [-0.2, 0) is 20.9 Å². The zero-order chi connectivity index (χ0) is 15.6. The number of carbonyl (C=O) groups is 2. The van der Waals surface area contributed by atoms with E-state index in [1.165, 1.54) is 0 Å². The fraction of sp³-hybridized carbons (Fsp3) is 0.529. The van der Waals surface area contributed by atoms with E-state index in [-0.39, 0.29) is 30.0 Å². The highest BCUT2D eigenvalue weighted by molar-refractivity contribution is 5.81. The zero-order valence-corrected chi connectivity index (χ0v) is 12.8. The second-order valence-corrected chi connectivity index (χ2v) is 6.01. The maximum absolute atomic E-state index is 12.1. The van der Waals surface area contributed by atoms with Crippen molar-refractivity contribution in [1.82, 2.24) is 4.90 Å². The largest absolute Gasteiger partial charge is 0.466 e. The second kappa shape index (κ2) is 5.99. The number of carbonyl (C=O) groups excluding carboxylic acids is 2. The van der Waals surface area contributed by atoms with Crippen molar-refractivity contribution in [3.05, 3.63) is 35.9 Å². The molecule has 1 aromatic rings. The van der Waals surface area contributed by atoms with Crippen LogP contribution >= 0.6 is 0 Å². The van der Waals surface area contributed by atoms with Crippen molar-refractivity contribution < 1.29 is 19.1 Å². The number of hydrogen-bond acceptors (Lipinski definition) is 4. The van der Waals surface area contributed by atoms with Gasteiger partial charge >= 0.3 is 12.1 Å². The summed E-state index contributed by atoms with van der Waals surface area (Å²) in [7, 11) is 0. The molecule has 1 saturated heterocycles. The van der Waals surface area contributed by atoms with Crippen molar-refractivity contribution in [3.63, 3.8) is 0 Å². The topological polar surface area (TPSA) is 55.8 Å². The molecule has 1 aromatic carbocycles. The minimum absolute atomic E-state index is 0.0997. The number of hydrogen-bond donors (Lipinski definition) is 0. The van der Waals surface area contributed by atoms with Crippen LogP contribution in [0.15, 0.2) is 30.3 Å². The van der Waals surface area contributed by atoms with Crippen LogP contribution in [0.1, 0.15) is 25.3 Å². The van der Waals surface area contributed by atoms with E-state index in [1.54, 1.807) is 4.90 Å². The summed E-state index contributed by atoms with van der Waals surface area (Å²) in [6.07, 6.45) is 1.21. The molecular weight excluding hydrogens is 282 g/mol. The van der Waals surface area contributed by atoms with Gasteiger partial charge in [0.2, 0.25) is 0 Å². The summed E-state index contributed by atoms with van der Waals surface area (Å²) in [5.74, 6) is 0.127. The molecule has 0 aromatic heterocycles. The van der Waals surface area contributed by atoms with Gasteiger partial charge in [0.05, 0.1) is 12.0 Å². The molecule has 2 atom stereocenters. The molecule has 118 valence electrons. The molecule has 0 radical (unpaired) electrons. The van der Waals surface area contributed by atoms with Gasteiger partial charge in [-0.25, -0.2) is 4.79 Å². The lowest BCUT2D eigenvalue weighted by atomic mass is 9.95. The number of ether oxygens (including phenoxy) is 2. The van der Waals surface area contributed by atoms with Gasteiger partial charge in [0.25, 0.3) is 0 Å². The molecule has 1 unspecified atom stereocenters. The average molecular weight is 303 g/mol. The highest BCUT2D eigenvalue weighted by Gasteiger charge is 2.63. The van der Waals surface area contributed by atoms with Crippen LogP contribution in [0.5, 0.6) is 0 Å². The molecule has 5 heteroatoms. The number of nitrogens with zero attached hydrogens (tertiary/aromatic N) is 1. The van der Waals surface area contributed by atoms with Crippen molar-refractivity contribution in [2.24, 2.45) is 11.3 Å². The standard InChI is InChI=1S/C17H21NO4/c1-2-21-15(19)17-8-9-18(11-14(17)10-17)16(20)22-12-13-6-4-3-5-7-13/h3-7,14H,2,8-12H2,1H3/t14?,17-/m0/s1. The van der Waals surface area contributed by atoms with E-state index in [1.807, 2.05) is 37.3 Å². The lowest BCUT2D eigenvalue weighted by Crippen LogP contribution is -2.42. The van der Waals surface area contributed by atoms with Crippen LogP contribution in [-0.4, -0.2) is 36.7 Å². The number of esters is 1. The third-order valence-electron chi connectivity index (χ3n) is 4.65. The SMILES string of the molecule is CCOC(=O)[C@]12CCN(C(=O)OCc3ccccc3)CC1C2. The summed E-state index contributed by atoms with van der Waals surface area (Å²) >= 11 is 0. The summed E-state index contributed by atoms with van der Waals surface area (Å²) in [6.45, 7) is 3.66. The normalized spacial score (nSPS) is 26.0. The molecule has 5 nitrogen and oxygen atoms in total. The molecule has 0 bridgehead atoms. The van der Waals surface area contributed by atoms with E-state index in [0.29, 0.717) is 26.1 Å². The molecule has 1 saturated carbocycles. The Bertz CT molecular complexity index is 559. The molecular formula is C17H21NO4. The van der Waals surface area contributed by atoms with Gasteiger partial charge in [0.1, 0.15) is 6.61 Å². The van der Waals surface area contributed by atoms with E-state index in [2.05, 4.69) is 0 Å². The first-order chi connectivity index (χ1) is 10.7. The van der Waals surface area contributed by atoms with E-state index in [9.17, 15) is 9.59 Å². The lowest BCUT2D eigenvalue weighted by Gasteiger charge is -2.29. The Balaban J connectivity index is 1.50. The van der Waals surface area contributed by atoms with Crippen molar-refractivity contribution in [2.45, 2.75) is 26.4 Å². The quantitative estimate of drug-likeness (QED) is 0.802. The average Bonchev–Trinajstić information content (AvgIpc) is 3.29. The predicted molar refractivity (Wildman–Crippen MR) is 80.0 cm³/mol. The summed E-state index contributed by atoms with van der Waals surface area (Å²) < 4.78 is 10.5. The Morgan fingerprint density at radius 2 is 2.05 bits per heavy atom. The van der Waals surface area contributed by atoms with Crippen molar-refractivity contribution in [3.8, 4) is 0 Å². The van der Waals surface area contributed by atoms with Crippen LogP contribution in [0.4, 0.5) is 4.79 Å². The van der Waals surface area contributed by atoms with Gasteiger partial charge in [-0.15, -0.1) is 0 Å². The zero-order valence-electron chi connectivity index (χ0n) is 12.8. The minimum atomic E-state index is -0.327. The summed E-state index contributed by atoms with van der Waals surface area (Å²) in [6, 6.07) is 9.62. The first kappa shape index (κ1) is 14.9. The van der Waals surface area contributed by atoms with Gasteiger partial charge in [-0.05, 0) is 31.2 Å². The molecule has 2 aliphatic rings. The van der Waals surface area contributed by atoms with Gasteiger partial charge in [-0.2, -0.15) is 0 Å². The van der Waals surface area contributed by atoms with Crippen molar-refractivity contribution >= 4 is 12.1 Å². The number of benzene rings is 1. The smallest absolute Gasteiger partial charge is 0.410 e. The predicted octanol–water partition coefficient (Wildman–Crippen LogP) is 2.60. The molecule has 0 spiro atoms.